The fourth-order valence-corrected chi connectivity index (χ4v) is 2.81. The molecule has 0 spiro atoms. The smallest absolute Gasteiger partial charge is 0.166 e. The minimum Gasteiger partial charge on any atom is -0.383 e. The van der Waals surface area contributed by atoms with Crippen LogP contribution in [0.25, 0.3) is 0 Å². The molecule has 0 aliphatic heterocycles. The summed E-state index contributed by atoms with van der Waals surface area (Å²) in [7, 11) is 1.68. The van der Waals surface area contributed by atoms with Gasteiger partial charge in [-0.3, -0.25) is 0 Å². The summed E-state index contributed by atoms with van der Waals surface area (Å²) in [6.45, 7) is 5.68. The van der Waals surface area contributed by atoms with Crippen molar-refractivity contribution in [2.45, 2.75) is 26.3 Å². The van der Waals surface area contributed by atoms with E-state index in [0.29, 0.717) is 17.8 Å². The number of hydrogen-bond donors (Lipinski definition) is 2. The highest BCUT2D eigenvalue weighted by molar-refractivity contribution is 7.80. The van der Waals surface area contributed by atoms with Crippen molar-refractivity contribution in [1.82, 2.24) is 10.6 Å². The average Bonchev–Trinajstić information content (AvgIpc) is 2.64. The van der Waals surface area contributed by atoms with E-state index in [4.69, 9.17) is 17.0 Å². The number of hydrogen-bond acceptors (Lipinski definition) is 3. The van der Waals surface area contributed by atoms with Gasteiger partial charge in [-0.05, 0) is 38.2 Å². The van der Waals surface area contributed by atoms with Gasteiger partial charge >= 0.3 is 0 Å². The van der Waals surface area contributed by atoms with Crippen molar-refractivity contribution in [1.29, 1.82) is 0 Å². The van der Waals surface area contributed by atoms with Crippen molar-refractivity contribution in [2.75, 3.05) is 20.3 Å². The Hall–Kier alpha value is -0.650. The predicted molar refractivity (Wildman–Crippen MR) is 77.8 cm³/mol. The third-order valence-electron chi connectivity index (χ3n) is 2.27. The zero-order chi connectivity index (χ0) is 12.7. The van der Waals surface area contributed by atoms with Gasteiger partial charge in [-0.1, -0.05) is 0 Å². The summed E-state index contributed by atoms with van der Waals surface area (Å²) in [5, 5.41) is 7.07. The number of aryl methyl sites for hydroxylation is 1. The molecule has 0 amide bonds. The van der Waals surface area contributed by atoms with Gasteiger partial charge in [0.1, 0.15) is 0 Å². The Morgan fingerprint density at radius 2 is 2.29 bits per heavy atom. The van der Waals surface area contributed by atoms with Crippen LogP contribution in [0.1, 0.15) is 16.7 Å². The molecule has 0 aromatic carbocycles. The summed E-state index contributed by atoms with van der Waals surface area (Å²) in [6, 6.07) is 4.68. The summed E-state index contributed by atoms with van der Waals surface area (Å²) in [5.41, 5.74) is 0. The van der Waals surface area contributed by atoms with E-state index in [1.807, 2.05) is 11.3 Å². The molecule has 1 aromatic heterocycles. The molecule has 2 N–H and O–H groups in total. The zero-order valence-corrected chi connectivity index (χ0v) is 12.2. The van der Waals surface area contributed by atoms with Crippen molar-refractivity contribution in [3.63, 3.8) is 0 Å². The highest BCUT2D eigenvalue weighted by Gasteiger charge is 2.06. The normalized spacial score (nSPS) is 12.2. The molecule has 0 fully saturated rings. The van der Waals surface area contributed by atoms with Crippen LogP contribution < -0.4 is 10.6 Å². The first-order valence-corrected chi connectivity index (χ1v) is 6.93. The van der Waals surface area contributed by atoms with Crippen LogP contribution in [-0.4, -0.2) is 31.4 Å². The minimum absolute atomic E-state index is 0.343. The Kier molecular flexibility index (Phi) is 6.47. The Morgan fingerprint density at radius 1 is 1.53 bits per heavy atom. The van der Waals surface area contributed by atoms with Crippen molar-refractivity contribution in [3.05, 3.63) is 21.9 Å². The topological polar surface area (TPSA) is 33.3 Å². The van der Waals surface area contributed by atoms with Crippen LogP contribution in [-0.2, 0) is 11.2 Å². The molecular formula is C12H20N2OS2. The lowest BCUT2D eigenvalue weighted by Gasteiger charge is -2.16. The van der Waals surface area contributed by atoms with Gasteiger partial charge in [0, 0.05) is 35.9 Å². The van der Waals surface area contributed by atoms with Crippen LogP contribution in [0.5, 0.6) is 0 Å². The van der Waals surface area contributed by atoms with Crippen molar-refractivity contribution >= 4 is 28.7 Å². The average molecular weight is 272 g/mol. The van der Waals surface area contributed by atoms with Gasteiger partial charge in [-0.15, -0.1) is 11.3 Å². The summed E-state index contributed by atoms with van der Waals surface area (Å²) in [5.74, 6) is 0. The third-order valence-corrected chi connectivity index (χ3v) is 3.56. The molecule has 5 heteroatoms. The Labute approximate surface area is 113 Å². The molecule has 3 nitrogen and oxygen atoms in total. The molecule has 0 bridgehead atoms. The molecule has 1 rings (SSSR count). The van der Waals surface area contributed by atoms with Crippen molar-refractivity contribution in [2.24, 2.45) is 0 Å². The van der Waals surface area contributed by atoms with Gasteiger partial charge in [0.25, 0.3) is 0 Å². The van der Waals surface area contributed by atoms with E-state index in [0.717, 1.165) is 13.0 Å². The summed E-state index contributed by atoms with van der Waals surface area (Å²) < 4.78 is 4.95. The molecule has 0 saturated heterocycles. The SMILES string of the molecule is COCCNC(=S)NC(C)Cc1ccc(C)s1. The van der Waals surface area contributed by atoms with E-state index in [2.05, 4.69) is 36.6 Å². The molecule has 0 saturated carbocycles. The van der Waals surface area contributed by atoms with Gasteiger partial charge in [0.05, 0.1) is 6.61 Å². The number of ether oxygens (including phenoxy) is 1. The van der Waals surface area contributed by atoms with Gasteiger partial charge in [0.15, 0.2) is 5.11 Å². The number of rotatable bonds is 6. The highest BCUT2D eigenvalue weighted by atomic mass is 32.1. The maximum absolute atomic E-state index is 5.19. The van der Waals surface area contributed by atoms with Gasteiger partial charge in [0.2, 0.25) is 0 Å². The van der Waals surface area contributed by atoms with Crippen LogP contribution in [0.2, 0.25) is 0 Å². The first-order valence-electron chi connectivity index (χ1n) is 5.70. The largest absolute Gasteiger partial charge is 0.383 e. The molecule has 1 heterocycles. The highest BCUT2D eigenvalue weighted by Crippen LogP contribution is 2.16. The van der Waals surface area contributed by atoms with Crippen LogP contribution in [0, 0.1) is 6.92 Å². The second kappa shape index (κ2) is 7.63. The van der Waals surface area contributed by atoms with Gasteiger partial charge in [-0.2, -0.15) is 0 Å². The quantitative estimate of drug-likeness (QED) is 0.614. The fraction of sp³-hybridized carbons (Fsp3) is 0.583. The summed E-state index contributed by atoms with van der Waals surface area (Å²) in [4.78, 5) is 2.75. The molecule has 1 atom stereocenters. The Morgan fingerprint density at radius 3 is 2.88 bits per heavy atom. The van der Waals surface area contributed by atoms with Crippen LogP contribution in [0.4, 0.5) is 0 Å². The lowest BCUT2D eigenvalue weighted by atomic mass is 10.2. The number of thiocarbonyl (C=S) groups is 1. The van der Waals surface area contributed by atoms with Crippen molar-refractivity contribution < 1.29 is 4.74 Å². The van der Waals surface area contributed by atoms with E-state index < -0.39 is 0 Å². The zero-order valence-electron chi connectivity index (χ0n) is 10.6. The second-order valence-corrected chi connectivity index (χ2v) is 5.79. The molecule has 96 valence electrons. The molecule has 0 aliphatic carbocycles. The molecule has 1 aromatic rings. The molecule has 17 heavy (non-hydrogen) atoms. The van der Waals surface area contributed by atoms with Crippen molar-refractivity contribution in [3.8, 4) is 0 Å². The van der Waals surface area contributed by atoms with E-state index >= 15 is 0 Å². The fourth-order valence-electron chi connectivity index (χ4n) is 1.49. The standard InChI is InChI=1S/C12H20N2OS2/c1-9(8-11-5-4-10(2)17-11)14-12(16)13-6-7-15-3/h4-5,9H,6-8H2,1-3H3,(H2,13,14,16). The van der Waals surface area contributed by atoms with Gasteiger partial charge in [-0.25, -0.2) is 0 Å². The first-order chi connectivity index (χ1) is 8.11. The van der Waals surface area contributed by atoms with E-state index in [1.54, 1.807) is 7.11 Å². The predicted octanol–water partition coefficient (Wildman–Crippen LogP) is 2.10. The molecular weight excluding hydrogens is 252 g/mol. The molecule has 1 unspecified atom stereocenters. The van der Waals surface area contributed by atoms with E-state index in [9.17, 15) is 0 Å². The number of nitrogens with one attached hydrogen (secondary N) is 2. The van der Waals surface area contributed by atoms with Gasteiger partial charge < -0.3 is 15.4 Å². The summed E-state index contributed by atoms with van der Waals surface area (Å²) >= 11 is 7.03. The Bertz CT molecular complexity index is 352. The lowest BCUT2D eigenvalue weighted by Crippen LogP contribution is -2.42. The monoisotopic (exact) mass is 272 g/mol. The van der Waals surface area contributed by atoms with E-state index in [-0.39, 0.29) is 0 Å². The van der Waals surface area contributed by atoms with Crippen LogP contribution in [0.3, 0.4) is 0 Å². The summed E-state index contributed by atoms with van der Waals surface area (Å²) in [6.07, 6.45) is 1.00. The lowest BCUT2D eigenvalue weighted by molar-refractivity contribution is 0.204. The minimum atomic E-state index is 0.343. The van der Waals surface area contributed by atoms with Crippen LogP contribution >= 0.6 is 23.6 Å². The number of thiophene rings is 1. The maximum Gasteiger partial charge on any atom is 0.166 e. The molecule has 0 radical (unpaired) electrons. The second-order valence-electron chi connectivity index (χ2n) is 4.01. The molecule has 0 aliphatic rings. The van der Waals surface area contributed by atoms with E-state index in [1.165, 1.54) is 9.75 Å². The Balaban J connectivity index is 2.24. The van der Waals surface area contributed by atoms with Crippen LogP contribution in [0.15, 0.2) is 12.1 Å². The third kappa shape index (κ3) is 6.00. The number of methoxy groups -OCH3 is 1. The first kappa shape index (κ1) is 14.4. The maximum atomic E-state index is 5.19.